The van der Waals surface area contributed by atoms with Crippen LogP contribution in [-0.4, -0.2) is 59.5 Å². The third-order valence-corrected chi connectivity index (χ3v) is 5.61. The van der Waals surface area contributed by atoms with Crippen molar-refractivity contribution in [2.24, 2.45) is 5.41 Å². The summed E-state index contributed by atoms with van der Waals surface area (Å²) in [7, 11) is 1.89. The summed E-state index contributed by atoms with van der Waals surface area (Å²) in [5.74, 6) is -0.638. The van der Waals surface area contributed by atoms with Gasteiger partial charge in [-0.1, -0.05) is 17.2 Å². The first-order valence-electron chi connectivity index (χ1n) is 8.60. The van der Waals surface area contributed by atoms with Crippen molar-refractivity contribution in [2.45, 2.75) is 39.2 Å². The molecule has 1 N–H and O–H groups in total. The summed E-state index contributed by atoms with van der Waals surface area (Å²) in [6.07, 6.45) is 2.47. The largest absolute Gasteiger partial charge is 0.480 e. The van der Waals surface area contributed by atoms with Gasteiger partial charge in [-0.25, -0.2) is 0 Å². The highest BCUT2D eigenvalue weighted by atomic mass is 16.4. The number of likely N-dealkylation sites (N-methyl/N-ethyl adjacent to an activating group) is 1. The second-order valence-electron chi connectivity index (χ2n) is 7.64. The Labute approximate surface area is 143 Å². The molecule has 0 aromatic heterocycles. The first kappa shape index (κ1) is 17.0. The number of carbonyl (C=O) groups is 2. The summed E-state index contributed by atoms with van der Waals surface area (Å²) in [6.45, 7) is 6.26. The van der Waals surface area contributed by atoms with Gasteiger partial charge in [-0.05, 0) is 57.7 Å². The molecular formula is C19H26N2O3. The Morgan fingerprint density at radius 1 is 1.12 bits per heavy atom. The van der Waals surface area contributed by atoms with E-state index in [1.165, 1.54) is 0 Å². The van der Waals surface area contributed by atoms with Gasteiger partial charge in [0.25, 0.3) is 5.91 Å². The average molecular weight is 330 g/mol. The summed E-state index contributed by atoms with van der Waals surface area (Å²) in [6, 6.07) is 5.58. The number of carbonyl (C=O) groups excluding carboxylic acids is 1. The van der Waals surface area contributed by atoms with Crippen LogP contribution in [0.1, 0.15) is 40.7 Å². The molecule has 24 heavy (non-hydrogen) atoms. The second-order valence-corrected chi connectivity index (χ2v) is 7.64. The van der Waals surface area contributed by atoms with Crippen LogP contribution in [0.25, 0.3) is 0 Å². The molecule has 5 nitrogen and oxygen atoms in total. The molecule has 5 heteroatoms. The van der Waals surface area contributed by atoms with E-state index >= 15 is 0 Å². The summed E-state index contributed by atoms with van der Waals surface area (Å²) in [4.78, 5) is 28.0. The van der Waals surface area contributed by atoms with E-state index in [4.69, 9.17) is 0 Å². The highest BCUT2D eigenvalue weighted by Gasteiger charge is 2.47. The number of piperidine rings is 1. The molecule has 0 radical (unpaired) electrons. The molecule has 0 bridgehead atoms. The molecule has 1 spiro atoms. The van der Waals surface area contributed by atoms with Gasteiger partial charge in [-0.2, -0.15) is 0 Å². The van der Waals surface area contributed by atoms with E-state index in [9.17, 15) is 14.7 Å². The number of benzene rings is 1. The summed E-state index contributed by atoms with van der Waals surface area (Å²) in [5, 5.41) is 9.33. The number of carboxylic acid groups (broad SMARTS) is 1. The zero-order chi connectivity index (χ0) is 17.5. The minimum Gasteiger partial charge on any atom is -0.480 e. The molecular weight excluding hydrogens is 304 g/mol. The SMILES string of the molecule is Cc1cc(C)cc(C(=O)N2CCC3(CC2)CC(C(=O)O)N(C)C3)c1. The van der Waals surface area contributed by atoms with Crippen molar-refractivity contribution in [1.29, 1.82) is 0 Å². The van der Waals surface area contributed by atoms with E-state index in [0.29, 0.717) is 19.5 Å². The van der Waals surface area contributed by atoms with Crippen molar-refractivity contribution < 1.29 is 14.7 Å². The number of nitrogens with zero attached hydrogens (tertiary/aromatic N) is 2. The minimum atomic E-state index is -0.733. The number of amides is 1. The van der Waals surface area contributed by atoms with Gasteiger partial charge in [0.15, 0.2) is 0 Å². The summed E-state index contributed by atoms with van der Waals surface area (Å²) >= 11 is 0. The second kappa shape index (κ2) is 6.20. The van der Waals surface area contributed by atoms with Gasteiger partial charge in [0.1, 0.15) is 6.04 Å². The molecule has 2 aliphatic heterocycles. The van der Waals surface area contributed by atoms with Crippen LogP contribution in [0.2, 0.25) is 0 Å². The van der Waals surface area contributed by atoms with Crippen molar-refractivity contribution in [1.82, 2.24) is 9.80 Å². The highest BCUT2D eigenvalue weighted by molar-refractivity contribution is 5.94. The third-order valence-electron chi connectivity index (χ3n) is 5.61. The van der Waals surface area contributed by atoms with Crippen LogP contribution in [0, 0.1) is 19.3 Å². The van der Waals surface area contributed by atoms with Crippen molar-refractivity contribution in [3.63, 3.8) is 0 Å². The Morgan fingerprint density at radius 3 is 2.21 bits per heavy atom. The molecule has 1 aromatic carbocycles. The molecule has 1 atom stereocenters. The number of likely N-dealkylation sites (tertiary alicyclic amines) is 2. The lowest BCUT2D eigenvalue weighted by atomic mass is 9.76. The fraction of sp³-hybridized carbons (Fsp3) is 0.579. The Morgan fingerprint density at radius 2 is 1.71 bits per heavy atom. The highest BCUT2D eigenvalue weighted by Crippen LogP contribution is 2.43. The van der Waals surface area contributed by atoms with E-state index in [1.807, 2.05) is 42.8 Å². The van der Waals surface area contributed by atoms with Crippen LogP contribution in [0.5, 0.6) is 0 Å². The number of aryl methyl sites for hydroxylation is 2. The Kier molecular flexibility index (Phi) is 4.38. The van der Waals surface area contributed by atoms with Gasteiger partial charge in [0, 0.05) is 25.2 Å². The first-order valence-corrected chi connectivity index (χ1v) is 8.60. The van der Waals surface area contributed by atoms with Crippen LogP contribution in [0.4, 0.5) is 0 Å². The van der Waals surface area contributed by atoms with Crippen LogP contribution >= 0.6 is 0 Å². The topological polar surface area (TPSA) is 60.9 Å². The molecule has 0 saturated carbocycles. The van der Waals surface area contributed by atoms with Crippen LogP contribution < -0.4 is 0 Å². The number of hydrogen-bond donors (Lipinski definition) is 1. The number of carboxylic acids is 1. The number of aliphatic carboxylic acids is 1. The van der Waals surface area contributed by atoms with Gasteiger partial charge >= 0.3 is 5.97 Å². The molecule has 2 heterocycles. The smallest absolute Gasteiger partial charge is 0.320 e. The quantitative estimate of drug-likeness (QED) is 0.904. The monoisotopic (exact) mass is 330 g/mol. The Balaban J connectivity index is 1.67. The molecule has 1 aromatic rings. The molecule has 2 saturated heterocycles. The van der Waals surface area contributed by atoms with Crippen LogP contribution in [-0.2, 0) is 4.79 Å². The lowest BCUT2D eigenvalue weighted by molar-refractivity contribution is -0.141. The normalized spacial score (nSPS) is 23.6. The molecule has 130 valence electrons. The van der Waals surface area contributed by atoms with E-state index < -0.39 is 5.97 Å². The Bertz CT molecular complexity index is 642. The predicted octanol–water partition coefficient (Wildman–Crippen LogP) is 2.31. The fourth-order valence-electron chi connectivity index (χ4n) is 4.37. The van der Waals surface area contributed by atoms with E-state index in [2.05, 4.69) is 6.07 Å². The standard InChI is InChI=1S/C19H26N2O3/c1-13-8-14(2)10-15(9-13)17(22)21-6-4-19(5-7-21)11-16(18(23)24)20(3)12-19/h8-10,16H,4-7,11-12H2,1-3H3,(H,23,24). The summed E-state index contributed by atoms with van der Waals surface area (Å²) in [5.41, 5.74) is 3.02. The molecule has 3 rings (SSSR count). The Hall–Kier alpha value is -1.88. The molecule has 0 aliphatic carbocycles. The van der Waals surface area contributed by atoms with Crippen molar-refractivity contribution in [3.8, 4) is 0 Å². The van der Waals surface area contributed by atoms with Gasteiger partial charge in [-0.3, -0.25) is 14.5 Å². The lowest BCUT2D eigenvalue weighted by Gasteiger charge is -2.39. The predicted molar refractivity (Wildman–Crippen MR) is 92.2 cm³/mol. The zero-order valence-electron chi connectivity index (χ0n) is 14.7. The minimum absolute atomic E-state index is 0.0527. The van der Waals surface area contributed by atoms with E-state index in [0.717, 1.165) is 36.1 Å². The van der Waals surface area contributed by atoms with Gasteiger partial charge in [-0.15, -0.1) is 0 Å². The van der Waals surface area contributed by atoms with E-state index in [-0.39, 0.29) is 17.4 Å². The van der Waals surface area contributed by atoms with Gasteiger partial charge in [0.2, 0.25) is 0 Å². The third kappa shape index (κ3) is 3.18. The van der Waals surface area contributed by atoms with Crippen LogP contribution in [0.3, 0.4) is 0 Å². The van der Waals surface area contributed by atoms with Crippen molar-refractivity contribution >= 4 is 11.9 Å². The fourth-order valence-corrected chi connectivity index (χ4v) is 4.37. The maximum atomic E-state index is 12.8. The lowest BCUT2D eigenvalue weighted by Crippen LogP contribution is -2.44. The maximum Gasteiger partial charge on any atom is 0.320 e. The summed E-state index contributed by atoms with van der Waals surface area (Å²) < 4.78 is 0. The molecule has 2 aliphatic rings. The first-order chi connectivity index (χ1) is 11.3. The van der Waals surface area contributed by atoms with Crippen molar-refractivity contribution in [3.05, 3.63) is 34.9 Å². The maximum absolute atomic E-state index is 12.8. The zero-order valence-corrected chi connectivity index (χ0v) is 14.7. The van der Waals surface area contributed by atoms with Gasteiger partial charge in [0.05, 0.1) is 0 Å². The average Bonchev–Trinajstić information content (AvgIpc) is 2.83. The van der Waals surface area contributed by atoms with E-state index in [1.54, 1.807) is 0 Å². The van der Waals surface area contributed by atoms with Crippen LogP contribution in [0.15, 0.2) is 18.2 Å². The van der Waals surface area contributed by atoms with Crippen molar-refractivity contribution in [2.75, 3.05) is 26.7 Å². The van der Waals surface area contributed by atoms with Gasteiger partial charge < -0.3 is 10.0 Å². The molecule has 2 fully saturated rings. The number of rotatable bonds is 2. The number of hydrogen-bond acceptors (Lipinski definition) is 3. The molecule has 1 amide bonds. The molecule has 1 unspecified atom stereocenters.